The minimum absolute atomic E-state index is 0.256. The lowest BCUT2D eigenvalue weighted by Crippen LogP contribution is -2.51. The van der Waals surface area contributed by atoms with Crippen molar-refractivity contribution in [3.63, 3.8) is 0 Å². The van der Waals surface area contributed by atoms with Gasteiger partial charge in [-0.25, -0.2) is 14.2 Å². The topological polar surface area (TPSA) is 67.4 Å². The highest BCUT2D eigenvalue weighted by Gasteiger charge is 2.36. The zero-order valence-corrected chi connectivity index (χ0v) is 16.6. The average molecular weight is 413 g/mol. The van der Waals surface area contributed by atoms with Crippen LogP contribution in [0.25, 0.3) is 11.3 Å². The molecule has 0 radical (unpaired) electrons. The van der Waals surface area contributed by atoms with E-state index in [1.165, 1.54) is 17.2 Å². The number of benzene rings is 1. The fourth-order valence-electron chi connectivity index (χ4n) is 3.14. The molecule has 0 bridgehead atoms. The zero-order valence-electron chi connectivity index (χ0n) is 15.8. The van der Waals surface area contributed by atoms with Crippen molar-refractivity contribution in [2.24, 2.45) is 0 Å². The van der Waals surface area contributed by atoms with Gasteiger partial charge in [-0.15, -0.1) is 0 Å². The molecule has 3 heterocycles. The minimum atomic E-state index is -0.621. The van der Waals surface area contributed by atoms with Crippen molar-refractivity contribution < 1.29 is 13.9 Å². The van der Waals surface area contributed by atoms with Gasteiger partial charge in [-0.3, -0.25) is 9.88 Å². The number of amides is 2. The van der Waals surface area contributed by atoms with Gasteiger partial charge in [0, 0.05) is 16.7 Å². The number of anilines is 2. The summed E-state index contributed by atoms with van der Waals surface area (Å²) in [5, 5.41) is 3.26. The quantitative estimate of drug-likeness (QED) is 0.632. The lowest BCUT2D eigenvalue weighted by atomic mass is 10.1. The number of hydrogen-bond acceptors (Lipinski definition) is 4. The summed E-state index contributed by atoms with van der Waals surface area (Å²) in [5.41, 5.74) is 1.11. The van der Waals surface area contributed by atoms with Gasteiger partial charge in [0.15, 0.2) is 11.6 Å². The van der Waals surface area contributed by atoms with Crippen LogP contribution in [0.2, 0.25) is 5.02 Å². The summed E-state index contributed by atoms with van der Waals surface area (Å²) in [4.78, 5) is 22.9. The highest BCUT2D eigenvalue weighted by molar-refractivity contribution is 6.30. The van der Waals surface area contributed by atoms with E-state index in [1.54, 1.807) is 18.2 Å². The molecule has 1 aromatic carbocycles. The van der Waals surface area contributed by atoms with Gasteiger partial charge in [-0.1, -0.05) is 23.7 Å². The Hall–Kier alpha value is -3.19. The van der Waals surface area contributed by atoms with E-state index < -0.39 is 17.4 Å². The standard InChI is InChI=1S/C21H18ClFN4O2/c1-21(2)12-27(20(28)25-16-9-15(23)10-24-11-16)19-18(29-21)7-6-17(26-19)13-4-3-5-14(22)8-13/h3-11H,12H2,1-2H3,(H,25,28). The van der Waals surface area contributed by atoms with Crippen LogP contribution in [0.5, 0.6) is 5.75 Å². The molecule has 0 atom stereocenters. The second-order valence-electron chi connectivity index (χ2n) is 7.30. The van der Waals surface area contributed by atoms with Crippen LogP contribution in [0.15, 0.2) is 54.9 Å². The number of halogens is 2. The Morgan fingerprint density at radius 1 is 1.24 bits per heavy atom. The molecule has 1 N–H and O–H groups in total. The number of pyridine rings is 2. The average Bonchev–Trinajstić information content (AvgIpc) is 2.66. The maximum atomic E-state index is 13.4. The first-order chi connectivity index (χ1) is 13.8. The number of carbonyl (C=O) groups excluding carboxylic acids is 1. The summed E-state index contributed by atoms with van der Waals surface area (Å²) in [6, 6.07) is 11.6. The number of fused-ring (bicyclic) bond motifs is 1. The third kappa shape index (κ3) is 4.14. The van der Waals surface area contributed by atoms with Crippen LogP contribution in [-0.4, -0.2) is 28.1 Å². The summed E-state index contributed by atoms with van der Waals surface area (Å²) >= 11 is 6.09. The number of aromatic nitrogens is 2. The van der Waals surface area contributed by atoms with Gasteiger partial charge in [-0.05, 0) is 38.1 Å². The fraction of sp³-hybridized carbons (Fsp3) is 0.190. The van der Waals surface area contributed by atoms with Crippen molar-refractivity contribution >= 4 is 29.1 Å². The van der Waals surface area contributed by atoms with Crippen LogP contribution < -0.4 is 15.0 Å². The Kier molecular flexibility index (Phi) is 4.84. The van der Waals surface area contributed by atoms with Crippen molar-refractivity contribution in [3.8, 4) is 17.0 Å². The van der Waals surface area contributed by atoms with E-state index in [4.69, 9.17) is 16.3 Å². The van der Waals surface area contributed by atoms with Crippen LogP contribution >= 0.6 is 11.6 Å². The van der Waals surface area contributed by atoms with Crippen molar-refractivity contribution in [3.05, 3.63) is 65.7 Å². The highest BCUT2D eigenvalue weighted by atomic mass is 35.5. The van der Waals surface area contributed by atoms with E-state index in [2.05, 4.69) is 15.3 Å². The summed E-state index contributed by atoms with van der Waals surface area (Å²) in [5.74, 6) is 0.329. The highest BCUT2D eigenvalue weighted by Crippen LogP contribution is 2.37. The number of ether oxygens (including phenoxy) is 1. The van der Waals surface area contributed by atoms with Gasteiger partial charge in [0.2, 0.25) is 0 Å². The first-order valence-corrected chi connectivity index (χ1v) is 9.34. The van der Waals surface area contributed by atoms with Crippen molar-refractivity contribution in [1.82, 2.24) is 9.97 Å². The molecule has 2 amide bonds. The number of rotatable bonds is 2. The van der Waals surface area contributed by atoms with Crippen LogP contribution in [0.1, 0.15) is 13.8 Å². The molecular formula is C21H18ClFN4O2. The van der Waals surface area contributed by atoms with Gasteiger partial charge in [-0.2, -0.15) is 0 Å². The van der Waals surface area contributed by atoms with Crippen LogP contribution in [0, 0.1) is 5.82 Å². The normalized spacial score (nSPS) is 14.7. The molecule has 1 aliphatic rings. The molecule has 0 spiro atoms. The molecular weight excluding hydrogens is 395 g/mol. The second-order valence-corrected chi connectivity index (χ2v) is 7.73. The van der Waals surface area contributed by atoms with E-state index in [1.807, 2.05) is 32.0 Å². The zero-order chi connectivity index (χ0) is 20.6. The third-order valence-corrected chi connectivity index (χ3v) is 4.58. The summed E-state index contributed by atoms with van der Waals surface area (Å²) in [6.07, 6.45) is 2.45. The molecule has 0 saturated carbocycles. The van der Waals surface area contributed by atoms with E-state index >= 15 is 0 Å². The molecule has 0 aliphatic carbocycles. The van der Waals surface area contributed by atoms with E-state index in [9.17, 15) is 9.18 Å². The third-order valence-electron chi connectivity index (χ3n) is 4.34. The minimum Gasteiger partial charge on any atom is -0.482 e. The predicted molar refractivity (Wildman–Crippen MR) is 110 cm³/mol. The number of carbonyl (C=O) groups is 1. The van der Waals surface area contributed by atoms with E-state index in [0.29, 0.717) is 22.3 Å². The van der Waals surface area contributed by atoms with Crippen molar-refractivity contribution in [2.75, 3.05) is 16.8 Å². The Balaban J connectivity index is 1.71. The van der Waals surface area contributed by atoms with Gasteiger partial charge in [0.25, 0.3) is 0 Å². The smallest absolute Gasteiger partial charge is 0.327 e. The monoisotopic (exact) mass is 412 g/mol. The number of nitrogens with one attached hydrogen (secondary N) is 1. The molecule has 8 heteroatoms. The maximum Gasteiger partial charge on any atom is 0.327 e. The molecule has 29 heavy (non-hydrogen) atoms. The first kappa shape index (κ1) is 19.1. The Bertz CT molecular complexity index is 1090. The molecule has 1 aliphatic heterocycles. The second kappa shape index (κ2) is 7.33. The number of urea groups is 1. The number of hydrogen-bond donors (Lipinski definition) is 1. The number of nitrogens with zero attached hydrogens (tertiary/aromatic N) is 3. The molecule has 0 unspecified atom stereocenters. The van der Waals surface area contributed by atoms with Crippen molar-refractivity contribution in [1.29, 1.82) is 0 Å². The first-order valence-electron chi connectivity index (χ1n) is 8.96. The molecule has 0 fully saturated rings. The van der Waals surface area contributed by atoms with E-state index in [0.717, 1.165) is 11.8 Å². The van der Waals surface area contributed by atoms with Gasteiger partial charge >= 0.3 is 6.03 Å². The van der Waals surface area contributed by atoms with Crippen LogP contribution in [0.4, 0.5) is 20.7 Å². The van der Waals surface area contributed by atoms with E-state index in [-0.39, 0.29) is 12.2 Å². The lowest BCUT2D eigenvalue weighted by Gasteiger charge is -2.38. The summed E-state index contributed by atoms with van der Waals surface area (Å²) < 4.78 is 19.4. The molecule has 3 aromatic rings. The van der Waals surface area contributed by atoms with Gasteiger partial charge in [0.05, 0.1) is 30.3 Å². The Morgan fingerprint density at radius 3 is 2.83 bits per heavy atom. The largest absolute Gasteiger partial charge is 0.482 e. The van der Waals surface area contributed by atoms with Crippen LogP contribution in [-0.2, 0) is 0 Å². The predicted octanol–water partition coefficient (Wildman–Crippen LogP) is 5.15. The molecule has 6 nitrogen and oxygen atoms in total. The summed E-state index contributed by atoms with van der Waals surface area (Å²) in [7, 11) is 0. The molecule has 4 rings (SSSR count). The lowest BCUT2D eigenvalue weighted by molar-refractivity contribution is 0.106. The van der Waals surface area contributed by atoms with Gasteiger partial charge < -0.3 is 10.1 Å². The van der Waals surface area contributed by atoms with Crippen LogP contribution in [0.3, 0.4) is 0 Å². The Morgan fingerprint density at radius 2 is 2.07 bits per heavy atom. The maximum absolute atomic E-state index is 13.4. The fourth-order valence-corrected chi connectivity index (χ4v) is 3.33. The van der Waals surface area contributed by atoms with Crippen molar-refractivity contribution in [2.45, 2.75) is 19.4 Å². The SMILES string of the molecule is CC1(C)CN(C(=O)Nc2cncc(F)c2)c2nc(-c3cccc(Cl)c3)ccc2O1. The van der Waals surface area contributed by atoms with Gasteiger partial charge in [0.1, 0.15) is 11.4 Å². The molecule has 148 valence electrons. The Labute approximate surface area is 172 Å². The molecule has 0 saturated heterocycles. The molecule has 2 aromatic heterocycles. The summed E-state index contributed by atoms with van der Waals surface area (Å²) in [6.45, 7) is 4.02.